The molecule has 98 valence electrons. The first-order chi connectivity index (χ1) is 8.41. The van der Waals surface area contributed by atoms with E-state index in [9.17, 15) is 18.4 Å². The van der Waals surface area contributed by atoms with E-state index in [1.165, 1.54) is 12.1 Å². The maximum Gasteiger partial charge on any atom is 0.303 e. The summed E-state index contributed by atoms with van der Waals surface area (Å²) < 4.78 is 26.1. The van der Waals surface area contributed by atoms with Gasteiger partial charge in [0.15, 0.2) is 11.6 Å². The Bertz CT molecular complexity index is 466. The molecule has 1 aromatic carbocycles. The van der Waals surface area contributed by atoms with Crippen LogP contribution in [0.2, 0.25) is 0 Å². The first-order valence-electron chi connectivity index (χ1n) is 5.14. The normalized spacial score (nSPS) is 11.9. The van der Waals surface area contributed by atoms with Gasteiger partial charge in [0.1, 0.15) is 0 Å². The second-order valence-electron chi connectivity index (χ2n) is 3.63. The first kappa shape index (κ1) is 14.0. The Morgan fingerprint density at radius 2 is 2.06 bits per heavy atom. The SMILES string of the molecule is NC(CCC(=O)O)C(=O)Nc1cccc(F)c1F. The lowest BCUT2D eigenvalue weighted by Crippen LogP contribution is -2.36. The molecule has 0 aliphatic rings. The number of carbonyl (C=O) groups excluding carboxylic acids is 1. The predicted molar refractivity (Wildman–Crippen MR) is 59.8 cm³/mol. The molecule has 0 aliphatic heterocycles. The molecule has 1 atom stereocenters. The minimum absolute atomic E-state index is 0.0852. The molecule has 1 aromatic rings. The Balaban J connectivity index is 2.64. The molecule has 0 saturated heterocycles. The molecule has 0 fully saturated rings. The average Bonchev–Trinajstić information content (AvgIpc) is 2.31. The number of nitrogens with two attached hydrogens (primary N) is 1. The quantitative estimate of drug-likeness (QED) is 0.737. The smallest absolute Gasteiger partial charge is 0.303 e. The molecule has 7 heteroatoms. The summed E-state index contributed by atoms with van der Waals surface area (Å²) in [5.41, 5.74) is 5.08. The number of carboxylic acid groups (broad SMARTS) is 1. The number of amides is 1. The van der Waals surface area contributed by atoms with E-state index < -0.39 is 29.6 Å². The minimum atomic E-state index is -1.18. The molecule has 1 amide bonds. The van der Waals surface area contributed by atoms with Crippen molar-refractivity contribution in [1.29, 1.82) is 0 Å². The maximum absolute atomic E-state index is 13.2. The van der Waals surface area contributed by atoms with E-state index in [2.05, 4.69) is 5.32 Å². The number of carbonyl (C=O) groups is 2. The third-order valence-corrected chi connectivity index (χ3v) is 2.22. The molecule has 0 heterocycles. The Morgan fingerprint density at radius 1 is 1.39 bits per heavy atom. The van der Waals surface area contributed by atoms with E-state index in [1.807, 2.05) is 0 Å². The average molecular weight is 258 g/mol. The molecule has 1 unspecified atom stereocenters. The molecular weight excluding hydrogens is 246 g/mol. The summed E-state index contributed by atoms with van der Waals surface area (Å²) in [6, 6.07) is 2.23. The number of hydrogen-bond acceptors (Lipinski definition) is 3. The van der Waals surface area contributed by atoms with Crippen molar-refractivity contribution < 1.29 is 23.5 Å². The van der Waals surface area contributed by atoms with Gasteiger partial charge in [0.2, 0.25) is 5.91 Å². The van der Waals surface area contributed by atoms with Crippen molar-refractivity contribution in [2.75, 3.05) is 5.32 Å². The van der Waals surface area contributed by atoms with E-state index in [0.717, 1.165) is 6.07 Å². The fraction of sp³-hybridized carbons (Fsp3) is 0.273. The highest BCUT2D eigenvalue weighted by Crippen LogP contribution is 2.16. The third kappa shape index (κ3) is 3.77. The highest BCUT2D eigenvalue weighted by Gasteiger charge is 2.17. The number of benzene rings is 1. The molecule has 18 heavy (non-hydrogen) atoms. The van der Waals surface area contributed by atoms with Crippen LogP contribution >= 0.6 is 0 Å². The second-order valence-corrected chi connectivity index (χ2v) is 3.63. The molecular formula is C11H12F2N2O3. The number of aliphatic carboxylic acids is 1. The van der Waals surface area contributed by atoms with Crippen LogP contribution in [0.15, 0.2) is 18.2 Å². The molecule has 0 aromatic heterocycles. The molecule has 0 radical (unpaired) electrons. The topological polar surface area (TPSA) is 92.4 Å². The van der Waals surface area contributed by atoms with Crippen LogP contribution in [0.1, 0.15) is 12.8 Å². The second kappa shape index (κ2) is 6.06. The number of nitrogens with one attached hydrogen (secondary N) is 1. The van der Waals surface area contributed by atoms with Crippen molar-refractivity contribution in [3.8, 4) is 0 Å². The van der Waals surface area contributed by atoms with Crippen LogP contribution < -0.4 is 11.1 Å². The van der Waals surface area contributed by atoms with Crippen LogP contribution in [-0.2, 0) is 9.59 Å². The lowest BCUT2D eigenvalue weighted by molar-refractivity contribution is -0.137. The molecule has 5 nitrogen and oxygen atoms in total. The Hall–Kier alpha value is -2.02. The van der Waals surface area contributed by atoms with Gasteiger partial charge in [-0.1, -0.05) is 6.07 Å². The van der Waals surface area contributed by atoms with Crippen molar-refractivity contribution in [2.24, 2.45) is 5.73 Å². The minimum Gasteiger partial charge on any atom is -0.481 e. The fourth-order valence-electron chi connectivity index (χ4n) is 1.24. The number of hydrogen-bond donors (Lipinski definition) is 3. The summed E-state index contributed by atoms with van der Waals surface area (Å²) in [6.07, 6.45) is -0.363. The Kier molecular flexibility index (Phi) is 4.73. The van der Waals surface area contributed by atoms with Gasteiger partial charge in [-0.2, -0.15) is 0 Å². The van der Waals surface area contributed by atoms with Crippen LogP contribution in [0.4, 0.5) is 14.5 Å². The van der Waals surface area contributed by atoms with Crippen LogP contribution in [-0.4, -0.2) is 23.0 Å². The van der Waals surface area contributed by atoms with Gasteiger partial charge in [0, 0.05) is 6.42 Å². The van der Waals surface area contributed by atoms with E-state index in [-0.39, 0.29) is 18.5 Å². The molecule has 0 aliphatic carbocycles. The zero-order valence-electron chi connectivity index (χ0n) is 9.32. The summed E-state index contributed by atoms with van der Waals surface area (Å²) in [7, 11) is 0. The summed E-state index contributed by atoms with van der Waals surface area (Å²) in [5.74, 6) is -4.13. The molecule has 0 bridgehead atoms. The number of rotatable bonds is 5. The van der Waals surface area contributed by atoms with Crippen LogP contribution in [0, 0.1) is 11.6 Å². The van der Waals surface area contributed by atoms with Gasteiger partial charge in [-0.3, -0.25) is 9.59 Å². The zero-order chi connectivity index (χ0) is 13.7. The summed E-state index contributed by atoms with van der Waals surface area (Å²) in [4.78, 5) is 21.8. The standard InChI is InChI=1S/C11H12F2N2O3/c12-6-2-1-3-8(10(6)13)15-11(18)7(14)4-5-9(16)17/h1-3,7H,4-5,14H2,(H,15,18)(H,16,17). The van der Waals surface area contributed by atoms with E-state index in [0.29, 0.717) is 0 Å². The molecule has 0 saturated carbocycles. The monoisotopic (exact) mass is 258 g/mol. The number of carboxylic acids is 1. The van der Waals surface area contributed by atoms with Gasteiger partial charge in [-0.25, -0.2) is 8.78 Å². The van der Waals surface area contributed by atoms with Gasteiger partial charge < -0.3 is 16.2 Å². The molecule has 1 rings (SSSR count). The number of anilines is 1. The van der Waals surface area contributed by atoms with E-state index in [4.69, 9.17) is 10.8 Å². The predicted octanol–water partition coefficient (Wildman–Crippen LogP) is 1.10. The highest BCUT2D eigenvalue weighted by atomic mass is 19.2. The van der Waals surface area contributed by atoms with Crippen molar-refractivity contribution in [1.82, 2.24) is 0 Å². The Labute approximate surface area is 102 Å². The number of halogens is 2. The maximum atomic E-state index is 13.2. The lowest BCUT2D eigenvalue weighted by atomic mass is 10.1. The first-order valence-corrected chi connectivity index (χ1v) is 5.14. The third-order valence-electron chi connectivity index (χ3n) is 2.22. The van der Waals surface area contributed by atoms with Gasteiger partial charge >= 0.3 is 5.97 Å². The van der Waals surface area contributed by atoms with E-state index in [1.54, 1.807) is 0 Å². The van der Waals surface area contributed by atoms with Crippen molar-refractivity contribution in [2.45, 2.75) is 18.9 Å². The highest BCUT2D eigenvalue weighted by molar-refractivity contribution is 5.94. The lowest BCUT2D eigenvalue weighted by Gasteiger charge is -2.11. The molecule has 4 N–H and O–H groups in total. The fourth-order valence-corrected chi connectivity index (χ4v) is 1.24. The van der Waals surface area contributed by atoms with Gasteiger partial charge in [-0.05, 0) is 18.6 Å². The summed E-state index contributed by atoms with van der Waals surface area (Å²) in [5, 5.41) is 10.5. The van der Waals surface area contributed by atoms with Crippen molar-refractivity contribution in [3.05, 3.63) is 29.8 Å². The largest absolute Gasteiger partial charge is 0.481 e. The van der Waals surface area contributed by atoms with Crippen molar-refractivity contribution >= 4 is 17.6 Å². The van der Waals surface area contributed by atoms with Crippen LogP contribution in [0.25, 0.3) is 0 Å². The summed E-state index contributed by atoms with van der Waals surface area (Å²) in [6.45, 7) is 0. The molecule has 0 spiro atoms. The van der Waals surface area contributed by atoms with E-state index >= 15 is 0 Å². The zero-order valence-corrected chi connectivity index (χ0v) is 9.32. The van der Waals surface area contributed by atoms with Crippen molar-refractivity contribution in [3.63, 3.8) is 0 Å². The van der Waals surface area contributed by atoms with Gasteiger partial charge in [0.25, 0.3) is 0 Å². The van der Waals surface area contributed by atoms with Crippen LogP contribution in [0.5, 0.6) is 0 Å². The summed E-state index contributed by atoms with van der Waals surface area (Å²) >= 11 is 0. The van der Waals surface area contributed by atoms with Gasteiger partial charge in [-0.15, -0.1) is 0 Å². The Morgan fingerprint density at radius 3 is 2.67 bits per heavy atom. The van der Waals surface area contributed by atoms with Gasteiger partial charge in [0.05, 0.1) is 11.7 Å². The van der Waals surface area contributed by atoms with Crippen LogP contribution in [0.3, 0.4) is 0 Å².